The largest absolute Gasteiger partial charge is 0.507 e. The van der Waals surface area contributed by atoms with Gasteiger partial charge in [-0.05, 0) is 55.3 Å². The Bertz CT molecular complexity index is 1470. The van der Waals surface area contributed by atoms with E-state index in [1.165, 1.54) is 0 Å². The number of sulfonamides is 1. The van der Waals surface area contributed by atoms with Gasteiger partial charge in [0.15, 0.2) is 0 Å². The fraction of sp³-hybridized carbons (Fsp3) is 0.0370. The molecule has 164 valence electrons. The molecule has 4 aromatic carbocycles. The SMILES string of the molecule is Cc1ccc(N(C#Cc2ccccc2-c2ccccc2O)S(=O)(=O)c2cccc(Br)c2)cc1. The number of para-hydroxylation sites is 1. The highest BCUT2D eigenvalue weighted by atomic mass is 79.9. The summed E-state index contributed by atoms with van der Waals surface area (Å²) in [5, 5.41) is 10.3. The number of aromatic hydroxyl groups is 1. The molecule has 0 amide bonds. The van der Waals surface area contributed by atoms with Gasteiger partial charge in [0.2, 0.25) is 0 Å². The van der Waals surface area contributed by atoms with E-state index in [1.54, 1.807) is 60.7 Å². The van der Waals surface area contributed by atoms with Crippen molar-refractivity contribution in [3.63, 3.8) is 0 Å². The van der Waals surface area contributed by atoms with Gasteiger partial charge in [-0.3, -0.25) is 0 Å². The maximum atomic E-state index is 13.6. The Morgan fingerprint density at radius 1 is 0.818 bits per heavy atom. The number of nitrogens with zero attached hydrogens (tertiary/aromatic N) is 1. The van der Waals surface area contributed by atoms with Crippen molar-refractivity contribution in [1.29, 1.82) is 0 Å². The Labute approximate surface area is 202 Å². The molecule has 0 radical (unpaired) electrons. The standard InChI is InChI=1S/C27H20BrNO3S/c1-20-13-15-23(16-14-20)29(33(31,32)24-9-6-8-22(28)19-24)18-17-21-7-2-3-10-25(21)26-11-4-5-12-27(26)30/h2-16,19,30H,1H3. The van der Waals surface area contributed by atoms with Crippen molar-refractivity contribution in [1.82, 2.24) is 0 Å². The zero-order chi connectivity index (χ0) is 23.4. The van der Waals surface area contributed by atoms with Crippen molar-refractivity contribution in [3.05, 3.63) is 113 Å². The predicted octanol–water partition coefficient (Wildman–Crippen LogP) is 6.33. The Kier molecular flexibility index (Phi) is 6.55. The van der Waals surface area contributed by atoms with Gasteiger partial charge in [-0.2, -0.15) is 4.31 Å². The third-order valence-corrected chi connectivity index (χ3v) is 7.14. The highest BCUT2D eigenvalue weighted by molar-refractivity contribution is 9.10. The maximum absolute atomic E-state index is 13.6. The number of hydrogen-bond donors (Lipinski definition) is 1. The van der Waals surface area contributed by atoms with Crippen LogP contribution in [-0.2, 0) is 10.0 Å². The molecular formula is C27H20BrNO3S. The third-order valence-electron chi connectivity index (χ3n) is 5.02. The van der Waals surface area contributed by atoms with Crippen molar-refractivity contribution in [2.24, 2.45) is 0 Å². The quantitative estimate of drug-likeness (QED) is 0.254. The molecule has 0 aliphatic heterocycles. The Morgan fingerprint density at radius 3 is 2.18 bits per heavy atom. The van der Waals surface area contributed by atoms with Crippen molar-refractivity contribution in [3.8, 4) is 28.8 Å². The Hall–Kier alpha value is -3.53. The molecule has 0 aromatic heterocycles. The minimum Gasteiger partial charge on any atom is -0.507 e. The van der Waals surface area contributed by atoms with Crippen LogP contribution in [0.25, 0.3) is 11.1 Å². The molecule has 0 heterocycles. The van der Waals surface area contributed by atoms with E-state index in [1.807, 2.05) is 43.3 Å². The Morgan fingerprint density at radius 2 is 1.48 bits per heavy atom. The molecule has 1 N–H and O–H groups in total. The van der Waals surface area contributed by atoms with Gasteiger partial charge in [-0.1, -0.05) is 76.1 Å². The van der Waals surface area contributed by atoms with Crippen molar-refractivity contribution >= 4 is 31.6 Å². The number of phenolic OH excluding ortho intramolecular Hbond substituents is 1. The normalized spacial score (nSPS) is 10.8. The summed E-state index contributed by atoms with van der Waals surface area (Å²) >= 11 is 3.34. The van der Waals surface area contributed by atoms with Crippen LogP contribution in [0.5, 0.6) is 5.75 Å². The summed E-state index contributed by atoms with van der Waals surface area (Å²) in [4.78, 5) is 0.126. The number of aryl methyl sites for hydroxylation is 1. The zero-order valence-corrected chi connectivity index (χ0v) is 20.1. The van der Waals surface area contributed by atoms with E-state index >= 15 is 0 Å². The van der Waals surface area contributed by atoms with Gasteiger partial charge in [0, 0.05) is 27.2 Å². The first-order valence-electron chi connectivity index (χ1n) is 10.1. The number of anilines is 1. The molecule has 0 saturated carbocycles. The number of halogens is 1. The van der Waals surface area contributed by atoms with Gasteiger partial charge in [0.05, 0.1) is 10.6 Å². The molecule has 0 spiro atoms. The first kappa shape index (κ1) is 22.7. The van der Waals surface area contributed by atoms with Crippen LogP contribution in [0.15, 0.2) is 106 Å². The van der Waals surface area contributed by atoms with E-state index in [-0.39, 0.29) is 10.6 Å². The molecule has 33 heavy (non-hydrogen) atoms. The summed E-state index contributed by atoms with van der Waals surface area (Å²) in [6.45, 7) is 1.94. The highest BCUT2D eigenvalue weighted by Gasteiger charge is 2.24. The van der Waals surface area contributed by atoms with E-state index in [4.69, 9.17) is 0 Å². The van der Waals surface area contributed by atoms with Crippen LogP contribution in [-0.4, -0.2) is 13.5 Å². The molecule has 0 atom stereocenters. The second kappa shape index (κ2) is 9.53. The van der Waals surface area contributed by atoms with E-state index in [2.05, 4.69) is 27.9 Å². The molecule has 0 saturated heterocycles. The average Bonchev–Trinajstić information content (AvgIpc) is 2.81. The van der Waals surface area contributed by atoms with E-state index in [0.29, 0.717) is 26.9 Å². The molecule has 4 rings (SSSR count). The number of benzene rings is 4. The summed E-state index contributed by atoms with van der Waals surface area (Å²) in [7, 11) is -3.96. The second-order valence-corrected chi connectivity index (χ2v) is 10.1. The van der Waals surface area contributed by atoms with Gasteiger partial charge in [0.1, 0.15) is 5.75 Å². The number of phenols is 1. The van der Waals surface area contributed by atoms with Gasteiger partial charge in [-0.15, -0.1) is 0 Å². The lowest BCUT2D eigenvalue weighted by molar-refractivity contribution is 0.477. The van der Waals surface area contributed by atoms with Crippen LogP contribution < -0.4 is 4.31 Å². The second-order valence-electron chi connectivity index (χ2n) is 7.36. The van der Waals surface area contributed by atoms with Crippen LogP contribution in [0.4, 0.5) is 5.69 Å². The van der Waals surface area contributed by atoms with Crippen LogP contribution in [0.2, 0.25) is 0 Å². The van der Waals surface area contributed by atoms with Gasteiger partial charge >= 0.3 is 0 Å². The number of rotatable bonds is 4. The first-order valence-corrected chi connectivity index (χ1v) is 12.4. The average molecular weight is 518 g/mol. The minimum absolute atomic E-state index is 0.126. The lowest BCUT2D eigenvalue weighted by atomic mass is 9.99. The molecule has 0 aliphatic rings. The molecule has 0 bridgehead atoms. The Balaban J connectivity index is 1.86. The van der Waals surface area contributed by atoms with Crippen LogP contribution in [0.1, 0.15) is 11.1 Å². The van der Waals surface area contributed by atoms with Crippen molar-refractivity contribution in [2.45, 2.75) is 11.8 Å². The maximum Gasteiger partial charge on any atom is 0.275 e. The molecule has 6 heteroatoms. The first-order chi connectivity index (χ1) is 15.9. The fourth-order valence-electron chi connectivity index (χ4n) is 3.32. The predicted molar refractivity (Wildman–Crippen MR) is 135 cm³/mol. The smallest absolute Gasteiger partial charge is 0.275 e. The van der Waals surface area contributed by atoms with Gasteiger partial charge in [0.25, 0.3) is 10.0 Å². The van der Waals surface area contributed by atoms with E-state index in [0.717, 1.165) is 9.87 Å². The van der Waals surface area contributed by atoms with Crippen LogP contribution in [0, 0.1) is 18.9 Å². The zero-order valence-electron chi connectivity index (χ0n) is 17.7. The monoisotopic (exact) mass is 517 g/mol. The summed E-state index contributed by atoms with van der Waals surface area (Å²) in [6, 6.07) is 30.8. The molecule has 0 aliphatic carbocycles. The summed E-state index contributed by atoms with van der Waals surface area (Å²) in [6.07, 6.45) is 0. The van der Waals surface area contributed by atoms with Crippen LogP contribution >= 0.6 is 15.9 Å². The number of hydrogen-bond acceptors (Lipinski definition) is 3. The van der Waals surface area contributed by atoms with Gasteiger partial charge in [-0.25, -0.2) is 8.42 Å². The summed E-state index contributed by atoms with van der Waals surface area (Å²) < 4.78 is 28.9. The highest BCUT2D eigenvalue weighted by Crippen LogP contribution is 2.31. The molecule has 0 fully saturated rings. The fourth-order valence-corrected chi connectivity index (χ4v) is 5.17. The molecular weight excluding hydrogens is 498 g/mol. The topological polar surface area (TPSA) is 57.6 Å². The lowest BCUT2D eigenvalue weighted by Gasteiger charge is -2.18. The summed E-state index contributed by atoms with van der Waals surface area (Å²) in [5.74, 6) is 3.15. The van der Waals surface area contributed by atoms with Crippen molar-refractivity contribution in [2.75, 3.05) is 4.31 Å². The molecule has 0 unspecified atom stereocenters. The molecule has 4 aromatic rings. The summed E-state index contributed by atoms with van der Waals surface area (Å²) in [5.41, 5.74) is 3.39. The van der Waals surface area contributed by atoms with E-state index < -0.39 is 10.0 Å². The third kappa shape index (κ3) is 4.95. The van der Waals surface area contributed by atoms with Gasteiger partial charge < -0.3 is 5.11 Å². The van der Waals surface area contributed by atoms with Crippen LogP contribution in [0.3, 0.4) is 0 Å². The molecule has 4 nitrogen and oxygen atoms in total. The van der Waals surface area contributed by atoms with Crippen molar-refractivity contribution < 1.29 is 13.5 Å². The lowest BCUT2D eigenvalue weighted by Crippen LogP contribution is -2.26. The minimum atomic E-state index is -3.96. The van der Waals surface area contributed by atoms with E-state index in [9.17, 15) is 13.5 Å².